The van der Waals surface area contributed by atoms with Gasteiger partial charge in [-0.2, -0.15) is 5.10 Å². The number of hydrogen-bond donors (Lipinski definition) is 1. The Hall–Kier alpha value is -1.70. The van der Waals surface area contributed by atoms with Crippen molar-refractivity contribution in [3.05, 3.63) is 24.0 Å². The number of nitrogens with zero attached hydrogens (tertiary/aromatic N) is 4. The van der Waals surface area contributed by atoms with Crippen LogP contribution < -0.4 is 0 Å². The number of aryl methyl sites for hydroxylation is 1. The average molecular weight is 362 g/mol. The highest BCUT2D eigenvalue weighted by Gasteiger charge is 2.37. The molecule has 0 bridgehead atoms. The smallest absolute Gasteiger partial charge is 0.246 e. The second-order valence-electron chi connectivity index (χ2n) is 7.22. The number of aliphatic hydroxyl groups excluding tert-OH is 1. The molecule has 1 aromatic heterocycles. The Morgan fingerprint density at radius 2 is 2.08 bits per heavy atom. The van der Waals surface area contributed by atoms with Gasteiger partial charge < -0.3 is 14.7 Å². The SMILES string of the molecule is CN(C(=O)/C=C/c1ccnn1C)[C@@H]1CCCC[C@@H](N2CCOCC2)[C@@H]1O. The minimum absolute atomic E-state index is 0.0853. The number of aromatic nitrogens is 2. The lowest BCUT2D eigenvalue weighted by Gasteiger charge is -2.40. The van der Waals surface area contributed by atoms with E-state index in [4.69, 9.17) is 4.74 Å². The number of ether oxygens (including phenoxy) is 1. The van der Waals surface area contributed by atoms with E-state index in [-0.39, 0.29) is 18.0 Å². The minimum Gasteiger partial charge on any atom is -0.389 e. The summed E-state index contributed by atoms with van der Waals surface area (Å²) in [6.45, 7) is 3.14. The summed E-state index contributed by atoms with van der Waals surface area (Å²) in [5, 5.41) is 15.2. The summed E-state index contributed by atoms with van der Waals surface area (Å²) >= 11 is 0. The molecule has 26 heavy (non-hydrogen) atoms. The molecule has 7 nitrogen and oxygen atoms in total. The van der Waals surface area contributed by atoms with Crippen LogP contribution in [-0.4, -0.2) is 82.1 Å². The molecule has 2 heterocycles. The van der Waals surface area contributed by atoms with E-state index in [1.807, 2.05) is 13.1 Å². The van der Waals surface area contributed by atoms with Crippen molar-refractivity contribution in [2.75, 3.05) is 33.4 Å². The van der Waals surface area contributed by atoms with Gasteiger partial charge in [0.2, 0.25) is 5.91 Å². The first-order valence-electron chi connectivity index (χ1n) is 9.50. The molecule has 3 rings (SSSR count). The van der Waals surface area contributed by atoms with Crippen molar-refractivity contribution in [3.63, 3.8) is 0 Å². The molecule has 0 radical (unpaired) electrons. The number of rotatable bonds is 4. The largest absolute Gasteiger partial charge is 0.389 e. The molecular formula is C19H30N4O3. The van der Waals surface area contributed by atoms with Crippen LogP contribution in [0.15, 0.2) is 18.3 Å². The first kappa shape index (κ1) is 19.1. The lowest BCUT2D eigenvalue weighted by Crippen LogP contribution is -2.55. The van der Waals surface area contributed by atoms with Gasteiger partial charge in [0.15, 0.2) is 0 Å². The molecule has 1 saturated carbocycles. The molecule has 1 saturated heterocycles. The number of carbonyl (C=O) groups excluding carboxylic acids is 1. The number of carbonyl (C=O) groups is 1. The summed E-state index contributed by atoms with van der Waals surface area (Å²) in [6, 6.07) is 1.80. The first-order chi connectivity index (χ1) is 12.6. The summed E-state index contributed by atoms with van der Waals surface area (Å²) in [7, 11) is 3.64. The Labute approximate surface area is 155 Å². The Bertz CT molecular complexity index is 624. The van der Waals surface area contributed by atoms with E-state index >= 15 is 0 Å². The van der Waals surface area contributed by atoms with Gasteiger partial charge in [-0.1, -0.05) is 12.8 Å². The number of aliphatic hydroxyl groups is 1. The van der Waals surface area contributed by atoms with Gasteiger partial charge in [-0.15, -0.1) is 0 Å². The van der Waals surface area contributed by atoms with Gasteiger partial charge in [-0.05, 0) is 25.0 Å². The third-order valence-electron chi connectivity index (χ3n) is 5.65. The molecule has 1 aliphatic carbocycles. The van der Waals surface area contributed by atoms with Crippen molar-refractivity contribution >= 4 is 12.0 Å². The third kappa shape index (κ3) is 4.34. The second kappa shape index (κ2) is 8.79. The fourth-order valence-corrected chi connectivity index (χ4v) is 4.02. The lowest BCUT2D eigenvalue weighted by atomic mass is 9.98. The van der Waals surface area contributed by atoms with Crippen LogP contribution in [0.1, 0.15) is 31.4 Å². The predicted molar refractivity (Wildman–Crippen MR) is 99.5 cm³/mol. The average Bonchev–Trinajstić information content (AvgIpc) is 2.97. The summed E-state index contributed by atoms with van der Waals surface area (Å²) in [5.74, 6) is -0.0853. The molecule has 2 aliphatic rings. The topological polar surface area (TPSA) is 70.8 Å². The van der Waals surface area contributed by atoms with Crippen molar-refractivity contribution in [1.29, 1.82) is 0 Å². The Morgan fingerprint density at radius 3 is 2.77 bits per heavy atom. The monoisotopic (exact) mass is 362 g/mol. The van der Waals surface area contributed by atoms with Crippen molar-refractivity contribution in [2.24, 2.45) is 7.05 Å². The van der Waals surface area contributed by atoms with E-state index in [9.17, 15) is 9.90 Å². The fraction of sp³-hybridized carbons (Fsp3) is 0.684. The van der Waals surface area contributed by atoms with Gasteiger partial charge in [0.25, 0.3) is 0 Å². The second-order valence-corrected chi connectivity index (χ2v) is 7.22. The Morgan fingerprint density at radius 1 is 1.35 bits per heavy atom. The Balaban J connectivity index is 1.67. The summed E-state index contributed by atoms with van der Waals surface area (Å²) < 4.78 is 7.16. The van der Waals surface area contributed by atoms with E-state index in [0.717, 1.165) is 57.7 Å². The van der Waals surface area contributed by atoms with Gasteiger partial charge >= 0.3 is 0 Å². The van der Waals surface area contributed by atoms with Crippen molar-refractivity contribution < 1.29 is 14.6 Å². The molecule has 1 aliphatic heterocycles. The predicted octanol–water partition coefficient (Wildman–Crippen LogP) is 0.896. The molecule has 0 aromatic carbocycles. The highest BCUT2D eigenvalue weighted by atomic mass is 16.5. The van der Waals surface area contributed by atoms with Crippen LogP contribution in [0, 0.1) is 0 Å². The molecular weight excluding hydrogens is 332 g/mol. The van der Waals surface area contributed by atoms with E-state index < -0.39 is 6.10 Å². The van der Waals surface area contributed by atoms with Gasteiger partial charge in [0, 0.05) is 45.5 Å². The van der Waals surface area contributed by atoms with Crippen LogP contribution in [-0.2, 0) is 16.6 Å². The van der Waals surface area contributed by atoms with E-state index in [1.165, 1.54) is 0 Å². The summed E-state index contributed by atoms with van der Waals surface area (Å²) in [5.41, 5.74) is 0.874. The molecule has 0 spiro atoms. The summed E-state index contributed by atoms with van der Waals surface area (Å²) in [4.78, 5) is 16.7. The molecule has 2 fully saturated rings. The molecule has 1 aromatic rings. The number of hydrogen-bond acceptors (Lipinski definition) is 5. The number of morpholine rings is 1. The van der Waals surface area contributed by atoms with E-state index in [0.29, 0.717) is 0 Å². The van der Waals surface area contributed by atoms with Gasteiger partial charge in [-0.3, -0.25) is 14.4 Å². The highest BCUT2D eigenvalue weighted by Crippen LogP contribution is 2.26. The summed E-state index contributed by atoms with van der Waals surface area (Å²) in [6.07, 6.45) is 8.44. The zero-order chi connectivity index (χ0) is 18.5. The molecule has 1 amide bonds. The van der Waals surface area contributed by atoms with Crippen molar-refractivity contribution in [1.82, 2.24) is 19.6 Å². The zero-order valence-corrected chi connectivity index (χ0v) is 15.8. The maximum Gasteiger partial charge on any atom is 0.246 e. The van der Waals surface area contributed by atoms with Gasteiger partial charge in [-0.25, -0.2) is 0 Å². The lowest BCUT2D eigenvalue weighted by molar-refractivity contribution is -0.130. The molecule has 0 unspecified atom stereocenters. The van der Waals surface area contributed by atoms with E-state index in [2.05, 4.69) is 10.00 Å². The van der Waals surface area contributed by atoms with Crippen LogP contribution in [0.25, 0.3) is 6.08 Å². The van der Waals surface area contributed by atoms with Crippen LogP contribution >= 0.6 is 0 Å². The molecule has 3 atom stereocenters. The molecule has 7 heteroatoms. The van der Waals surface area contributed by atoms with Crippen LogP contribution in [0.3, 0.4) is 0 Å². The maximum absolute atomic E-state index is 12.7. The Kier molecular flexibility index (Phi) is 6.45. The van der Waals surface area contributed by atoms with Crippen LogP contribution in [0.5, 0.6) is 0 Å². The maximum atomic E-state index is 12.7. The quantitative estimate of drug-likeness (QED) is 0.636. The van der Waals surface area contributed by atoms with Gasteiger partial charge in [0.1, 0.15) is 0 Å². The standard InChI is InChI=1S/C19H30N4O3/c1-21(18(24)8-7-15-9-10-20-22(15)2)16-5-3-4-6-17(19(16)25)23-11-13-26-14-12-23/h7-10,16-17,19,25H,3-6,11-14H2,1-2H3/b8-7+/t16-,17-,19-/m1/s1. The number of likely N-dealkylation sites (N-methyl/N-ethyl adjacent to an activating group) is 1. The van der Waals surface area contributed by atoms with Crippen LogP contribution in [0.4, 0.5) is 0 Å². The fourth-order valence-electron chi connectivity index (χ4n) is 4.02. The third-order valence-corrected chi connectivity index (χ3v) is 5.65. The first-order valence-corrected chi connectivity index (χ1v) is 9.50. The zero-order valence-electron chi connectivity index (χ0n) is 15.8. The minimum atomic E-state index is -0.533. The number of amides is 1. The molecule has 1 N–H and O–H groups in total. The normalized spacial score (nSPS) is 28.2. The van der Waals surface area contributed by atoms with E-state index in [1.54, 1.807) is 35.0 Å². The van der Waals surface area contributed by atoms with Crippen molar-refractivity contribution in [2.45, 2.75) is 43.9 Å². The molecule has 144 valence electrons. The highest BCUT2D eigenvalue weighted by molar-refractivity contribution is 5.91. The van der Waals surface area contributed by atoms with Crippen LogP contribution in [0.2, 0.25) is 0 Å². The van der Waals surface area contributed by atoms with Crippen molar-refractivity contribution in [3.8, 4) is 0 Å². The van der Waals surface area contributed by atoms with Gasteiger partial charge in [0.05, 0.1) is 31.1 Å².